The zero-order chi connectivity index (χ0) is 17.0. The Morgan fingerprint density at radius 2 is 2.00 bits per heavy atom. The monoisotopic (exact) mass is 335 g/mol. The molecule has 1 amide bonds. The van der Waals surface area contributed by atoms with Crippen LogP contribution in [0.1, 0.15) is 35.0 Å². The van der Waals surface area contributed by atoms with Gasteiger partial charge in [0, 0.05) is 24.2 Å². The van der Waals surface area contributed by atoms with Crippen molar-refractivity contribution in [1.29, 1.82) is 0 Å². The van der Waals surface area contributed by atoms with Crippen LogP contribution in [-0.4, -0.2) is 27.4 Å². The lowest BCUT2D eigenvalue weighted by Crippen LogP contribution is -2.31. The Hall–Kier alpha value is -1.85. The highest BCUT2D eigenvalue weighted by molar-refractivity contribution is 6.30. The Balaban J connectivity index is 1.96. The van der Waals surface area contributed by atoms with E-state index in [1.54, 1.807) is 24.3 Å². The maximum absolute atomic E-state index is 12.2. The van der Waals surface area contributed by atoms with Crippen LogP contribution in [-0.2, 0) is 18.3 Å². The Morgan fingerprint density at radius 1 is 1.35 bits per heavy atom. The standard InChI is InChI=1S/C17H22ClN3O2/c1-11-15(12(2)21(3)20-11)8-9-17(23)19-16(10-22)13-4-6-14(18)7-5-13/h4-7,16,22H,8-10H2,1-3H3,(H,19,23). The molecule has 6 heteroatoms. The molecule has 1 unspecified atom stereocenters. The summed E-state index contributed by atoms with van der Waals surface area (Å²) in [6.45, 7) is 3.79. The fraction of sp³-hybridized carbons (Fsp3) is 0.412. The van der Waals surface area contributed by atoms with E-state index in [0.29, 0.717) is 17.9 Å². The van der Waals surface area contributed by atoms with Gasteiger partial charge in [-0.15, -0.1) is 0 Å². The topological polar surface area (TPSA) is 67.2 Å². The molecule has 1 aromatic carbocycles. The third-order valence-electron chi connectivity index (χ3n) is 4.05. The van der Waals surface area contributed by atoms with Gasteiger partial charge in [0.15, 0.2) is 0 Å². The second-order valence-electron chi connectivity index (χ2n) is 5.63. The van der Waals surface area contributed by atoms with Gasteiger partial charge in [0.1, 0.15) is 0 Å². The third-order valence-corrected chi connectivity index (χ3v) is 4.30. The maximum Gasteiger partial charge on any atom is 0.220 e. The molecule has 5 nitrogen and oxygen atoms in total. The van der Waals surface area contributed by atoms with E-state index in [9.17, 15) is 9.90 Å². The zero-order valence-corrected chi connectivity index (χ0v) is 14.4. The van der Waals surface area contributed by atoms with Gasteiger partial charge in [-0.2, -0.15) is 5.10 Å². The molecule has 0 spiro atoms. The fourth-order valence-electron chi connectivity index (χ4n) is 2.61. The number of nitrogens with one attached hydrogen (secondary N) is 1. The molecule has 1 heterocycles. The van der Waals surface area contributed by atoms with E-state index in [4.69, 9.17) is 11.6 Å². The summed E-state index contributed by atoms with van der Waals surface area (Å²) in [6, 6.07) is 6.68. The number of aliphatic hydroxyl groups excluding tert-OH is 1. The lowest BCUT2D eigenvalue weighted by atomic mass is 10.1. The summed E-state index contributed by atoms with van der Waals surface area (Å²) in [4.78, 5) is 12.2. The molecular weight excluding hydrogens is 314 g/mol. The zero-order valence-electron chi connectivity index (χ0n) is 13.6. The van der Waals surface area contributed by atoms with Crippen molar-refractivity contribution in [2.24, 2.45) is 7.05 Å². The van der Waals surface area contributed by atoms with E-state index in [1.807, 2.05) is 25.6 Å². The number of hydrogen-bond acceptors (Lipinski definition) is 3. The molecule has 0 saturated heterocycles. The molecule has 1 atom stereocenters. The minimum absolute atomic E-state index is 0.0957. The lowest BCUT2D eigenvalue weighted by Gasteiger charge is -2.17. The van der Waals surface area contributed by atoms with Crippen LogP contribution < -0.4 is 5.32 Å². The van der Waals surface area contributed by atoms with Gasteiger partial charge in [0.05, 0.1) is 18.3 Å². The molecule has 2 N–H and O–H groups in total. The smallest absolute Gasteiger partial charge is 0.220 e. The number of benzene rings is 1. The summed E-state index contributed by atoms with van der Waals surface area (Å²) < 4.78 is 1.83. The summed E-state index contributed by atoms with van der Waals surface area (Å²) in [7, 11) is 1.90. The van der Waals surface area contributed by atoms with Gasteiger partial charge >= 0.3 is 0 Å². The van der Waals surface area contributed by atoms with Crippen molar-refractivity contribution in [3.63, 3.8) is 0 Å². The molecular formula is C17H22ClN3O2. The second kappa shape index (κ2) is 7.62. The molecule has 0 saturated carbocycles. The Bertz CT molecular complexity index is 680. The van der Waals surface area contributed by atoms with Crippen LogP contribution in [0.4, 0.5) is 0 Å². The van der Waals surface area contributed by atoms with Crippen molar-refractivity contribution in [1.82, 2.24) is 15.1 Å². The predicted molar refractivity (Wildman–Crippen MR) is 90.4 cm³/mol. The number of aryl methyl sites for hydroxylation is 2. The summed E-state index contributed by atoms with van der Waals surface area (Å²) in [5.74, 6) is -0.0957. The number of aromatic nitrogens is 2. The highest BCUT2D eigenvalue weighted by Gasteiger charge is 2.15. The van der Waals surface area contributed by atoms with Crippen LogP contribution in [0.3, 0.4) is 0 Å². The number of halogens is 1. The van der Waals surface area contributed by atoms with Gasteiger partial charge < -0.3 is 10.4 Å². The first-order valence-electron chi connectivity index (χ1n) is 7.57. The quantitative estimate of drug-likeness (QED) is 0.852. The highest BCUT2D eigenvalue weighted by atomic mass is 35.5. The summed E-state index contributed by atoms with van der Waals surface area (Å²) >= 11 is 5.86. The number of carbonyl (C=O) groups is 1. The van der Waals surface area contributed by atoms with Crippen LogP contribution >= 0.6 is 11.6 Å². The van der Waals surface area contributed by atoms with Crippen molar-refractivity contribution in [2.45, 2.75) is 32.7 Å². The summed E-state index contributed by atoms with van der Waals surface area (Å²) in [5.41, 5.74) is 3.97. The molecule has 2 aromatic rings. The maximum atomic E-state index is 12.2. The van der Waals surface area contributed by atoms with E-state index in [2.05, 4.69) is 10.4 Å². The number of rotatable bonds is 6. The Morgan fingerprint density at radius 3 is 2.52 bits per heavy atom. The van der Waals surface area contributed by atoms with E-state index >= 15 is 0 Å². The van der Waals surface area contributed by atoms with Crippen molar-refractivity contribution in [2.75, 3.05) is 6.61 Å². The van der Waals surface area contributed by atoms with E-state index in [1.165, 1.54) is 0 Å². The van der Waals surface area contributed by atoms with Crippen molar-refractivity contribution in [3.05, 3.63) is 51.8 Å². The third kappa shape index (κ3) is 4.33. The minimum atomic E-state index is -0.421. The van der Waals surface area contributed by atoms with Gasteiger partial charge in [-0.3, -0.25) is 9.48 Å². The Labute approximate surface area is 141 Å². The van der Waals surface area contributed by atoms with Crippen LogP contribution in [0.2, 0.25) is 5.02 Å². The molecule has 0 aliphatic carbocycles. The number of amides is 1. The van der Waals surface area contributed by atoms with Crippen LogP contribution in [0.15, 0.2) is 24.3 Å². The van der Waals surface area contributed by atoms with E-state index in [0.717, 1.165) is 22.5 Å². The summed E-state index contributed by atoms with van der Waals surface area (Å²) in [6.07, 6.45) is 0.994. The molecule has 2 rings (SSSR count). The van der Waals surface area contributed by atoms with Crippen molar-refractivity contribution in [3.8, 4) is 0 Å². The average Bonchev–Trinajstić information content (AvgIpc) is 2.77. The largest absolute Gasteiger partial charge is 0.394 e. The highest BCUT2D eigenvalue weighted by Crippen LogP contribution is 2.17. The fourth-order valence-corrected chi connectivity index (χ4v) is 2.74. The normalized spacial score (nSPS) is 12.2. The molecule has 0 bridgehead atoms. The van der Waals surface area contributed by atoms with Gasteiger partial charge in [-0.05, 0) is 43.5 Å². The summed E-state index contributed by atoms with van der Waals surface area (Å²) in [5, 5.41) is 17.4. The number of carbonyl (C=O) groups excluding carboxylic acids is 1. The first-order valence-corrected chi connectivity index (χ1v) is 7.95. The first kappa shape index (κ1) is 17.5. The van der Waals surface area contributed by atoms with Crippen molar-refractivity contribution >= 4 is 17.5 Å². The molecule has 23 heavy (non-hydrogen) atoms. The van der Waals surface area contributed by atoms with E-state index < -0.39 is 6.04 Å². The van der Waals surface area contributed by atoms with Gasteiger partial charge in [0.2, 0.25) is 5.91 Å². The minimum Gasteiger partial charge on any atom is -0.394 e. The van der Waals surface area contributed by atoms with Gasteiger partial charge in [0.25, 0.3) is 0 Å². The number of hydrogen-bond donors (Lipinski definition) is 2. The second-order valence-corrected chi connectivity index (χ2v) is 6.06. The lowest BCUT2D eigenvalue weighted by molar-refractivity contribution is -0.122. The molecule has 0 aliphatic heterocycles. The average molecular weight is 336 g/mol. The van der Waals surface area contributed by atoms with Crippen molar-refractivity contribution < 1.29 is 9.90 Å². The number of nitrogens with zero attached hydrogens (tertiary/aromatic N) is 2. The molecule has 0 fully saturated rings. The Kier molecular flexibility index (Phi) is 5.80. The van der Waals surface area contributed by atoms with Crippen LogP contribution in [0.5, 0.6) is 0 Å². The van der Waals surface area contributed by atoms with Gasteiger partial charge in [-0.25, -0.2) is 0 Å². The molecule has 0 aliphatic rings. The molecule has 124 valence electrons. The molecule has 0 radical (unpaired) electrons. The van der Waals surface area contributed by atoms with E-state index in [-0.39, 0.29) is 12.5 Å². The predicted octanol–water partition coefficient (Wildman–Crippen LogP) is 2.47. The van der Waals surface area contributed by atoms with Crippen LogP contribution in [0, 0.1) is 13.8 Å². The first-order chi connectivity index (χ1) is 10.9. The van der Waals surface area contributed by atoms with Gasteiger partial charge in [-0.1, -0.05) is 23.7 Å². The van der Waals surface area contributed by atoms with Crippen LogP contribution in [0.25, 0.3) is 0 Å². The SMILES string of the molecule is Cc1nn(C)c(C)c1CCC(=O)NC(CO)c1ccc(Cl)cc1. The number of aliphatic hydroxyl groups is 1. The molecule has 1 aromatic heterocycles.